The monoisotopic (exact) mass is 350 g/mol. The Balaban J connectivity index is 1.73. The smallest absolute Gasteiger partial charge is 0.281 e. The van der Waals surface area contributed by atoms with E-state index in [1.54, 1.807) is 6.20 Å². The molecule has 0 aliphatic rings. The van der Waals surface area contributed by atoms with Gasteiger partial charge >= 0.3 is 0 Å². The second-order valence-electron chi connectivity index (χ2n) is 3.92. The summed E-state index contributed by atoms with van der Waals surface area (Å²) in [5, 5.41) is 1.40. The van der Waals surface area contributed by atoms with Gasteiger partial charge in [-0.2, -0.15) is 0 Å². The van der Waals surface area contributed by atoms with Crippen LogP contribution in [-0.2, 0) is 0 Å². The first kappa shape index (κ1) is 13.3. The highest BCUT2D eigenvalue weighted by molar-refractivity contribution is 9.09. The first-order chi connectivity index (χ1) is 9.85. The van der Waals surface area contributed by atoms with Crippen LogP contribution >= 0.6 is 27.3 Å². The Morgan fingerprint density at radius 3 is 2.65 bits per heavy atom. The van der Waals surface area contributed by atoms with E-state index < -0.39 is 0 Å². The lowest BCUT2D eigenvalue weighted by molar-refractivity contribution is 0.344. The molecule has 2 heterocycles. The Morgan fingerprint density at radius 2 is 1.90 bits per heavy atom. The maximum atomic E-state index is 5.73. The number of hydrogen-bond donors (Lipinski definition) is 0. The van der Waals surface area contributed by atoms with E-state index in [1.807, 2.05) is 36.4 Å². The largest absolute Gasteiger partial charge is 0.493 e. The van der Waals surface area contributed by atoms with Gasteiger partial charge in [-0.15, -0.1) is 0 Å². The molecule has 0 N–H and O–H groups in total. The van der Waals surface area contributed by atoms with E-state index in [9.17, 15) is 0 Å². The minimum atomic E-state index is 0.591. The number of hydrogen-bond acceptors (Lipinski definition) is 5. The van der Waals surface area contributed by atoms with Crippen LogP contribution in [-0.4, -0.2) is 21.9 Å². The summed E-state index contributed by atoms with van der Waals surface area (Å²) in [6.07, 6.45) is 1.75. The normalized spacial score (nSPS) is 10.7. The molecule has 0 bridgehead atoms. The number of benzene rings is 1. The average Bonchev–Trinajstić information content (AvgIpc) is 2.89. The molecule has 0 aliphatic heterocycles. The number of thiazole rings is 1. The summed E-state index contributed by atoms with van der Waals surface area (Å²) in [7, 11) is 0. The van der Waals surface area contributed by atoms with E-state index in [2.05, 4.69) is 25.9 Å². The molecule has 4 nitrogen and oxygen atoms in total. The summed E-state index contributed by atoms with van der Waals surface area (Å²) in [4.78, 5) is 9.49. The quantitative estimate of drug-likeness (QED) is 0.645. The summed E-state index contributed by atoms with van der Waals surface area (Å²) < 4.78 is 11.2. The third kappa shape index (κ3) is 3.08. The Hall–Kier alpha value is -1.66. The van der Waals surface area contributed by atoms with Crippen molar-refractivity contribution in [2.24, 2.45) is 0 Å². The lowest BCUT2D eigenvalue weighted by Crippen LogP contribution is -1.97. The second kappa shape index (κ2) is 6.19. The van der Waals surface area contributed by atoms with Gasteiger partial charge in [0, 0.05) is 11.5 Å². The molecule has 0 radical (unpaired) electrons. The van der Waals surface area contributed by atoms with E-state index in [-0.39, 0.29) is 0 Å². The molecule has 0 atom stereocenters. The minimum absolute atomic E-state index is 0.591. The summed E-state index contributed by atoms with van der Waals surface area (Å²) in [6.45, 7) is 0.643. The first-order valence-electron chi connectivity index (χ1n) is 6.03. The molecule has 20 heavy (non-hydrogen) atoms. The van der Waals surface area contributed by atoms with Crippen LogP contribution in [0.5, 0.6) is 16.7 Å². The van der Waals surface area contributed by atoms with Crippen LogP contribution in [0.4, 0.5) is 0 Å². The Labute approximate surface area is 128 Å². The number of nitrogens with zero attached hydrogens (tertiary/aromatic N) is 2. The molecule has 3 rings (SSSR count). The molecular formula is C14H11BrN2O2S. The molecule has 102 valence electrons. The van der Waals surface area contributed by atoms with Crippen molar-refractivity contribution in [3.63, 3.8) is 0 Å². The van der Waals surface area contributed by atoms with Crippen LogP contribution in [0, 0.1) is 0 Å². The number of fused-ring (bicyclic) bond motifs is 1. The summed E-state index contributed by atoms with van der Waals surface area (Å²) >= 11 is 4.75. The fourth-order valence-electron chi connectivity index (χ4n) is 1.65. The fraction of sp³-hybridized carbons (Fsp3) is 0.143. The lowest BCUT2D eigenvalue weighted by Gasteiger charge is -2.05. The Morgan fingerprint density at radius 1 is 1.10 bits per heavy atom. The topological polar surface area (TPSA) is 44.2 Å². The predicted octanol–water partition coefficient (Wildman–Crippen LogP) is 4.26. The molecule has 6 heteroatoms. The van der Waals surface area contributed by atoms with Gasteiger partial charge in [-0.05, 0) is 36.4 Å². The predicted molar refractivity (Wildman–Crippen MR) is 83.2 cm³/mol. The van der Waals surface area contributed by atoms with Gasteiger partial charge < -0.3 is 9.47 Å². The van der Waals surface area contributed by atoms with E-state index in [0.717, 1.165) is 27.2 Å². The van der Waals surface area contributed by atoms with Crippen molar-refractivity contribution < 1.29 is 9.47 Å². The van der Waals surface area contributed by atoms with Gasteiger partial charge in [-0.25, -0.2) is 9.97 Å². The molecule has 3 aromatic rings. The maximum absolute atomic E-state index is 5.73. The molecular weight excluding hydrogens is 340 g/mol. The number of alkyl halides is 1. The van der Waals surface area contributed by atoms with E-state index in [0.29, 0.717) is 11.8 Å². The van der Waals surface area contributed by atoms with Crippen LogP contribution < -0.4 is 9.47 Å². The number of halogens is 1. The zero-order valence-electron chi connectivity index (χ0n) is 10.5. The Kier molecular flexibility index (Phi) is 4.13. The van der Waals surface area contributed by atoms with Crippen LogP contribution in [0.2, 0.25) is 0 Å². The number of aromatic nitrogens is 2. The van der Waals surface area contributed by atoms with Crippen LogP contribution in [0.3, 0.4) is 0 Å². The summed E-state index contributed by atoms with van der Waals surface area (Å²) in [5.41, 5.74) is 0.852. The van der Waals surface area contributed by atoms with Crippen molar-refractivity contribution >= 4 is 37.6 Å². The molecule has 0 unspecified atom stereocenters. The van der Waals surface area contributed by atoms with Crippen molar-refractivity contribution in [1.29, 1.82) is 0 Å². The van der Waals surface area contributed by atoms with Crippen molar-refractivity contribution in [2.45, 2.75) is 0 Å². The van der Waals surface area contributed by atoms with Gasteiger partial charge in [0.05, 0.1) is 6.61 Å². The SMILES string of the molecule is BrCCOc1ccc(Oc2nc3cccnc3s2)cc1. The summed E-state index contributed by atoms with van der Waals surface area (Å²) in [5.74, 6) is 1.55. The van der Waals surface area contributed by atoms with Crippen LogP contribution in [0.15, 0.2) is 42.6 Å². The molecule has 0 saturated heterocycles. The highest BCUT2D eigenvalue weighted by atomic mass is 79.9. The highest BCUT2D eigenvalue weighted by Gasteiger charge is 2.06. The molecule has 0 fully saturated rings. The highest BCUT2D eigenvalue weighted by Crippen LogP contribution is 2.30. The molecule has 0 aliphatic carbocycles. The standard InChI is InChI=1S/C14H11BrN2O2S/c15-7-9-18-10-3-5-11(6-4-10)19-14-17-12-2-1-8-16-13(12)20-14/h1-6,8H,7,9H2. The molecule has 0 saturated carbocycles. The number of rotatable bonds is 5. The van der Waals surface area contributed by atoms with Gasteiger partial charge in [0.1, 0.15) is 21.8 Å². The van der Waals surface area contributed by atoms with Gasteiger partial charge in [0.25, 0.3) is 5.19 Å². The molecule has 0 amide bonds. The van der Waals surface area contributed by atoms with Gasteiger partial charge in [-0.3, -0.25) is 0 Å². The molecule has 1 aromatic carbocycles. The van der Waals surface area contributed by atoms with Crippen LogP contribution in [0.25, 0.3) is 10.3 Å². The fourth-order valence-corrected chi connectivity index (χ4v) is 2.60. The number of ether oxygens (including phenoxy) is 2. The number of pyridine rings is 1. The zero-order chi connectivity index (χ0) is 13.8. The van der Waals surface area contributed by atoms with E-state index >= 15 is 0 Å². The van der Waals surface area contributed by atoms with Gasteiger partial charge in [0.2, 0.25) is 0 Å². The Bertz CT molecular complexity index is 667. The molecule has 0 spiro atoms. The van der Waals surface area contributed by atoms with Crippen molar-refractivity contribution in [2.75, 3.05) is 11.9 Å². The van der Waals surface area contributed by atoms with Crippen molar-refractivity contribution in [1.82, 2.24) is 9.97 Å². The first-order valence-corrected chi connectivity index (χ1v) is 7.97. The maximum Gasteiger partial charge on any atom is 0.281 e. The zero-order valence-corrected chi connectivity index (χ0v) is 12.9. The van der Waals surface area contributed by atoms with Crippen molar-refractivity contribution in [3.05, 3.63) is 42.6 Å². The third-order valence-electron chi connectivity index (χ3n) is 2.52. The van der Waals surface area contributed by atoms with E-state index in [1.165, 1.54) is 11.3 Å². The van der Waals surface area contributed by atoms with Gasteiger partial charge in [-0.1, -0.05) is 27.3 Å². The summed E-state index contributed by atoms with van der Waals surface area (Å²) in [6, 6.07) is 11.3. The lowest BCUT2D eigenvalue weighted by atomic mass is 10.3. The molecule has 2 aromatic heterocycles. The van der Waals surface area contributed by atoms with Crippen molar-refractivity contribution in [3.8, 4) is 16.7 Å². The van der Waals surface area contributed by atoms with E-state index in [4.69, 9.17) is 9.47 Å². The minimum Gasteiger partial charge on any atom is -0.493 e. The van der Waals surface area contributed by atoms with Crippen LogP contribution in [0.1, 0.15) is 0 Å². The second-order valence-corrected chi connectivity index (χ2v) is 5.65. The average molecular weight is 351 g/mol. The third-order valence-corrected chi connectivity index (χ3v) is 3.70. The van der Waals surface area contributed by atoms with Gasteiger partial charge in [0.15, 0.2) is 0 Å².